The summed E-state index contributed by atoms with van der Waals surface area (Å²) in [6, 6.07) is 7.20. The first-order valence-corrected chi connectivity index (χ1v) is 7.11. The number of carboxylic acid groups (broad SMARTS) is 1. The van der Waals surface area contributed by atoms with Gasteiger partial charge < -0.3 is 15.2 Å². The Hall–Kier alpha value is -2.21. The van der Waals surface area contributed by atoms with Crippen molar-refractivity contribution in [3.63, 3.8) is 0 Å². The zero-order chi connectivity index (χ0) is 16.5. The molecule has 0 aromatic heterocycles. The third-order valence-electron chi connectivity index (χ3n) is 3.09. The number of amides is 1. The van der Waals surface area contributed by atoms with E-state index >= 15 is 0 Å². The normalized spacial score (nSPS) is 11.7. The van der Waals surface area contributed by atoms with Gasteiger partial charge in [0.05, 0.1) is 6.61 Å². The van der Waals surface area contributed by atoms with Gasteiger partial charge in [0.2, 0.25) is 5.91 Å². The monoisotopic (exact) mass is 307 g/mol. The highest BCUT2D eigenvalue weighted by atomic mass is 16.5. The number of ketones is 1. The number of hydrogen-bond acceptors (Lipinski definition) is 4. The number of ether oxygens (including phenoxy) is 1. The van der Waals surface area contributed by atoms with Crippen molar-refractivity contribution in [1.29, 1.82) is 0 Å². The Morgan fingerprint density at radius 1 is 1.18 bits per heavy atom. The fourth-order valence-corrected chi connectivity index (χ4v) is 1.70. The van der Waals surface area contributed by atoms with Crippen LogP contribution in [0.15, 0.2) is 24.3 Å². The lowest BCUT2D eigenvalue weighted by atomic mass is 10.1. The minimum absolute atomic E-state index is 0.0779. The average Bonchev–Trinajstić information content (AvgIpc) is 2.49. The summed E-state index contributed by atoms with van der Waals surface area (Å²) < 4.78 is 4.98. The van der Waals surface area contributed by atoms with E-state index in [1.165, 1.54) is 6.92 Å². The lowest BCUT2D eigenvalue weighted by Crippen LogP contribution is -2.30. The molecule has 1 aromatic carbocycles. The molecule has 0 aliphatic carbocycles. The van der Waals surface area contributed by atoms with Gasteiger partial charge >= 0.3 is 5.97 Å². The van der Waals surface area contributed by atoms with E-state index in [1.54, 1.807) is 12.1 Å². The maximum atomic E-state index is 11.9. The summed E-state index contributed by atoms with van der Waals surface area (Å²) in [4.78, 5) is 34.0. The van der Waals surface area contributed by atoms with Crippen LogP contribution in [0, 0.1) is 6.92 Å². The maximum absolute atomic E-state index is 11.9. The molecule has 6 nitrogen and oxygen atoms in total. The number of aliphatic carboxylic acids is 1. The van der Waals surface area contributed by atoms with E-state index in [4.69, 9.17) is 9.84 Å². The Kier molecular flexibility index (Phi) is 7.25. The predicted molar refractivity (Wildman–Crippen MR) is 80.8 cm³/mol. The van der Waals surface area contributed by atoms with Crippen LogP contribution in [0.25, 0.3) is 0 Å². The van der Waals surface area contributed by atoms with E-state index in [0.717, 1.165) is 5.56 Å². The number of Topliss-reactive ketones (excluding diaryl/α,β-unsaturated/α-hetero) is 1. The van der Waals surface area contributed by atoms with Crippen LogP contribution < -0.4 is 5.32 Å². The minimum atomic E-state index is -1.05. The van der Waals surface area contributed by atoms with Gasteiger partial charge in [-0.3, -0.25) is 9.59 Å². The first-order valence-electron chi connectivity index (χ1n) is 7.11. The van der Waals surface area contributed by atoms with E-state index in [2.05, 4.69) is 5.32 Å². The third kappa shape index (κ3) is 6.49. The predicted octanol–water partition coefficient (Wildman–Crippen LogP) is 1.56. The second-order valence-corrected chi connectivity index (χ2v) is 4.99. The molecular formula is C16H21NO5. The van der Waals surface area contributed by atoms with Crippen LogP contribution in [0.4, 0.5) is 0 Å². The molecule has 0 radical (unpaired) electrons. The van der Waals surface area contributed by atoms with Crippen molar-refractivity contribution >= 4 is 17.7 Å². The standard InChI is InChI=1S/C16H21NO5/c1-11-3-5-13(6-4-11)14(18)7-8-15(19)17-9-10-22-12(2)16(20)21/h3-6,12H,7-10H2,1-2H3,(H,17,19)(H,20,21). The largest absolute Gasteiger partial charge is 0.479 e. The molecular weight excluding hydrogens is 286 g/mol. The molecule has 120 valence electrons. The Labute approximate surface area is 129 Å². The number of hydrogen-bond donors (Lipinski definition) is 2. The van der Waals surface area contributed by atoms with Crippen LogP contribution in [0.2, 0.25) is 0 Å². The highest BCUT2D eigenvalue weighted by Crippen LogP contribution is 2.07. The van der Waals surface area contributed by atoms with E-state index in [0.29, 0.717) is 5.56 Å². The van der Waals surface area contributed by atoms with Gasteiger partial charge in [0.1, 0.15) is 0 Å². The Morgan fingerprint density at radius 3 is 2.41 bits per heavy atom. The van der Waals surface area contributed by atoms with Crippen LogP contribution in [0.5, 0.6) is 0 Å². The fourth-order valence-electron chi connectivity index (χ4n) is 1.70. The van der Waals surface area contributed by atoms with Gasteiger partial charge in [0.15, 0.2) is 11.9 Å². The van der Waals surface area contributed by atoms with Crippen molar-refractivity contribution in [3.05, 3.63) is 35.4 Å². The zero-order valence-electron chi connectivity index (χ0n) is 12.8. The minimum Gasteiger partial charge on any atom is -0.479 e. The van der Waals surface area contributed by atoms with Crippen LogP contribution in [0.1, 0.15) is 35.7 Å². The number of carboxylic acids is 1. The summed E-state index contributed by atoms with van der Waals surface area (Å²) in [5.74, 6) is -1.38. The number of rotatable bonds is 9. The Morgan fingerprint density at radius 2 is 1.82 bits per heavy atom. The Balaban J connectivity index is 2.21. The molecule has 0 bridgehead atoms. The van der Waals surface area contributed by atoms with Crippen LogP contribution >= 0.6 is 0 Å². The SMILES string of the molecule is Cc1ccc(C(=O)CCC(=O)NCCOC(C)C(=O)O)cc1. The molecule has 1 unspecified atom stereocenters. The second kappa shape index (κ2) is 8.94. The third-order valence-corrected chi connectivity index (χ3v) is 3.09. The van der Waals surface area contributed by atoms with Gasteiger partial charge in [0, 0.05) is 24.9 Å². The molecule has 6 heteroatoms. The molecule has 22 heavy (non-hydrogen) atoms. The summed E-state index contributed by atoms with van der Waals surface area (Å²) in [5.41, 5.74) is 1.67. The van der Waals surface area contributed by atoms with Crippen molar-refractivity contribution in [3.8, 4) is 0 Å². The molecule has 1 rings (SSSR count). The molecule has 0 heterocycles. The molecule has 1 amide bonds. The van der Waals surface area contributed by atoms with Crippen molar-refractivity contribution < 1.29 is 24.2 Å². The van der Waals surface area contributed by atoms with Crippen molar-refractivity contribution in [1.82, 2.24) is 5.32 Å². The molecule has 0 aliphatic heterocycles. The number of carbonyl (C=O) groups is 3. The van der Waals surface area contributed by atoms with E-state index < -0.39 is 12.1 Å². The molecule has 0 spiro atoms. The molecule has 0 fully saturated rings. The quantitative estimate of drug-likeness (QED) is 0.533. The van der Waals surface area contributed by atoms with Crippen molar-refractivity contribution in [2.45, 2.75) is 32.8 Å². The summed E-state index contributed by atoms with van der Waals surface area (Å²) in [5, 5.41) is 11.2. The Bertz CT molecular complexity index is 524. The lowest BCUT2D eigenvalue weighted by molar-refractivity contribution is -0.149. The molecule has 1 atom stereocenters. The number of benzene rings is 1. The van der Waals surface area contributed by atoms with Gasteiger partial charge in [-0.2, -0.15) is 0 Å². The highest BCUT2D eigenvalue weighted by Gasteiger charge is 2.11. The van der Waals surface area contributed by atoms with E-state index in [-0.39, 0.29) is 37.7 Å². The number of aryl methyl sites for hydroxylation is 1. The highest BCUT2D eigenvalue weighted by molar-refractivity contribution is 5.97. The van der Waals surface area contributed by atoms with E-state index in [1.807, 2.05) is 19.1 Å². The topological polar surface area (TPSA) is 92.7 Å². The summed E-state index contributed by atoms with van der Waals surface area (Å²) in [6.07, 6.45) is -0.664. The maximum Gasteiger partial charge on any atom is 0.332 e. The summed E-state index contributed by atoms with van der Waals surface area (Å²) >= 11 is 0. The van der Waals surface area contributed by atoms with Gasteiger partial charge in [-0.1, -0.05) is 29.8 Å². The smallest absolute Gasteiger partial charge is 0.332 e. The molecule has 0 saturated heterocycles. The first-order chi connectivity index (χ1) is 10.4. The molecule has 0 aliphatic rings. The van der Waals surface area contributed by atoms with E-state index in [9.17, 15) is 14.4 Å². The summed E-state index contributed by atoms with van der Waals surface area (Å²) in [6.45, 7) is 3.69. The van der Waals surface area contributed by atoms with Gasteiger partial charge in [0.25, 0.3) is 0 Å². The first kappa shape index (κ1) is 17.8. The van der Waals surface area contributed by atoms with Gasteiger partial charge in [-0.05, 0) is 13.8 Å². The van der Waals surface area contributed by atoms with Crippen molar-refractivity contribution in [2.75, 3.05) is 13.2 Å². The van der Waals surface area contributed by atoms with Crippen LogP contribution in [-0.4, -0.2) is 42.0 Å². The number of carbonyl (C=O) groups excluding carboxylic acids is 2. The lowest BCUT2D eigenvalue weighted by Gasteiger charge is -2.09. The molecule has 0 saturated carbocycles. The van der Waals surface area contributed by atoms with Gasteiger partial charge in [-0.25, -0.2) is 4.79 Å². The molecule has 1 aromatic rings. The number of nitrogens with one attached hydrogen (secondary N) is 1. The fraction of sp³-hybridized carbons (Fsp3) is 0.438. The summed E-state index contributed by atoms with van der Waals surface area (Å²) in [7, 11) is 0. The zero-order valence-corrected chi connectivity index (χ0v) is 12.8. The molecule has 2 N–H and O–H groups in total. The second-order valence-electron chi connectivity index (χ2n) is 4.99. The van der Waals surface area contributed by atoms with Crippen LogP contribution in [-0.2, 0) is 14.3 Å². The average molecular weight is 307 g/mol. The van der Waals surface area contributed by atoms with Crippen molar-refractivity contribution in [2.24, 2.45) is 0 Å². The van der Waals surface area contributed by atoms with Crippen LogP contribution in [0.3, 0.4) is 0 Å². The van der Waals surface area contributed by atoms with Gasteiger partial charge in [-0.15, -0.1) is 0 Å².